The third-order valence-electron chi connectivity index (χ3n) is 4.27. The summed E-state index contributed by atoms with van der Waals surface area (Å²) in [4.78, 5) is 12.3. The smallest absolute Gasteiger partial charge is 0.254 e. The maximum atomic E-state index is 14.0. The highest BCUT2D eigenvalue weighted by molar-refractivity contribution is 5.95. The van der Waals surface area contributed by atoms with Gasteiger partial charge in [-0.3, -0.25) is 4.79 Å². The number of carbonyl (C=O) groups excluding carboxylic acids is 1. The van der Waals surface area contributed by atoms with Crippen LogP contribution in [0.1, 0.15) is 54.9 Å². The molecule has 2 unspecified atom stereocenters. The summed E-state index contributed by atoms with van der Waals surface area (Å²) < 4.78 is 14.0. The fourth-order valence-corrected chi connectivity index (χ4v) is 3.10. The molecule has 4 heteroatoms. The van der Waals surface area contributed by atoms with E-state index in [0.717, 1.165) is 25.7 Å². The monoisotopic (exact) mass is 278 g/mol. The molecule has 1 aliphatic carbocycles. The summed E-state index contributed by atoms with van der Waals surface area (Å²) in [5, 5.41) is 3.00. The Morgan fingerprint density at radius 2 is 2.10 bits per heavy atom. The molecule has 0 saturated heterocycles. The summed E-state index contributed by atoms with van der Waals surface area (Å²) in [6.07, 6.45) is 5.51. The number of carbonyl (C=O) groups is 1. The third-order valence-corrected chi connectivity index (χ3v) is 4.27. The highest BCUT2D eigenvalue weighted by atomic mass is 19.1. The number of anilines is 1. The van der Waals surface area contributed by atoms with Gasteiger partial charge in [-0.2, -0.15) is 0 Å². The number of nitrogen functional groups attached to an aromatic ring is 1. The normalized spacial score (nSPS) is 22.6. The number of nitrogens with two attached hydrogens (primary N) is 1. The lowest BCUT2D eigenvalue weighted by molar-refractivity contribution is 0.0900. The van der Waals surface area contributed by atoms with Crippen LogP contribution in [-0.2, 0) is 0 Å². The first-order valence-corrected chi connectivity index (χ1v) is 7.39. The van der Waals surface area contributed by atoms with Gasteiger partial charge in [0.1, 0.15) is 5.82 Å². The average Bonchev–Trinajstić information content (AvgIpc) is 2.43. The van der Waals surface area contributed by atoms with Gasteiger partial charge in [0.2, 0.25) is 0 Å². The Morgan fingerprint density at radius 1 is 1.40 bits per heavy atom. The van der Waals surface area contributed by atoms with Crippen LogP contribution in [0.3, 0.4) is 0 Å². The zero-order valence-corrected chi connectivity index (χ0v) is 12.2. The number of hydrogen-bond acceptors (Lipinski definition) is 2. The van der Waals surface area contributed by atoms with Crippen molar-refractivity contribution in [1.82, 2.24) is 5.32 Å². The minimum atomic E-state index is -0.472. The van der Waals surface area contributed by atoms with Crippen LogP contribution in [0.15, 0.2) is 12.1 Å². The van der Waals surface area contributed by atoms with Crippen molar-refractivity contribution in [3.05, 3.63) is 29.1 Å². The number of nitrogens with one attached hydrogen (secondary N) is 1. The summed E-state index contributed by atoms with van der Waals surface area (Å²) in [5.74, 6) is -0.318. The highest BCUT2D eigenvalue weighted by Gasteiger charge is 2.26. The van der Waals surface area contributed by atoms with E-state index in [4.69, 9.17) is 5.73 Å². The van der Waals surface area contributed by atoms with Crippen LogP contribution in [0, 0.1) is 18.7 Å². The molecule has 2 rings (SSSR count). The quantitative estimate of drug-likeness (QED) is 0.832. The zero-order valence-electron chi connectivity index (χ0n) is 12.2. The molecule has 0 radical (unpaired) electrons. The second kappa shape index (κ2) is 6.25. The van der Waals surface area contributed by atoms with Crippen molar-refractivity contribution in [2.45, 2.75) is 52.0 Å². The molecule has 0 aromatic heterocycles. The third kappa shape index (κ3) is 3.11. The fourth-order valence-electron chi connectivity index (χ4n) is 3.10. The number of aryl methyl sites for hydroxylation is 1. The van der Waals surface area contributed by atoms with Gasteiger partial charge in [-0.1, -0.05) is 26.2 Å². The van der Waals surface area contributed by atoms with Gasteiger partial charge in [0.15, 0.2) is 0 Å². The predicted octanol–water partition coefficient (Wildman–Crippen LogP) is 3.41. The largest absolute Gasteiger partial charge is 0.399 e. The summed E-state index contributed by atoms with van der Waals surface area (Å²) in [5.41, 5.74) is 6.59. The number of rotatable bonds is 3. The second-order valence-electron chi connectivity index (χ2n) is 5.73. The van der Waals surface area contributed by atoms with Crippen molar-refractivity contribution in [3.8, 4) is 0 Å². The molecule has 0 bridgehead atoms. The second-order valence-corrected chi connectivity index (χ2v) is 5.73. The highest BCUT2D eigenvalue weighted by Crippen LogP contribution is 2.27. The molecule has 0 heterocycles. The Kier molecular flexibility index (Phi) is 4.63. The average molecular weight is 278 g/mol. The van der Waals surface area contributed by atoms with Gasteiger partial charge in [-0.25, -0.2) is 4.39 Å². The van der Waals surface area contributed by atoms with E-state index < -0.39 is 5.82 Å². The lowest BCUT2D eigenvalue weighted by Crippen LogP contribution is -2.42. The number of amides is 1. The van der Waals surface area contributed by atoms with Crippen molar-refractivity contribution in [2.75, 3.05) is 5.73 Å². The maximum Gasteiger partial charge on any atom is 0.254 e. The van der Waals surface area contributed by atoms with Crippen LogP contribution >= 0.6 is 0 Å². The molecule has 110 valence electrons. The molecule has 2 atom stereocenters. The predicted molar refractivity (Wildman–Crippen MR) is 79.1 cm³/mol. The number of benzene rings is 1. The first kappa shape index (κ1) is 14.8. The van der Waals surface area contributed by atoms with Gasteiger partial charge in [-0.05, 0) is 43.4 Å². The van der Waals surface area contributed by atoms with E-state index >= 15 is 0 Å². The standard InChI is InChI=1S/C16H23FN2O/c1-3-11-6-4-5-7-14(11)19-16(20)13-9-12(18)8-10(2)15(13)17/h8-9,11,14H,3-7,18H2,1-2H3,(H,19,20). The number of halogens is 1. The van der Waals surface area contributed by atoms with Gasteiger partial charge in [0, 0.05) is 11.7 Å². The zero-order chi connectivity index (χ0) is 14.7. The Hall–Kier alpha value is -1.58. The molecular formula is C16H23FN2O. The van der Waals surface area contributed by atoms with Crippen LogP contribution in [0.5, 0.6) is 0 Å². The molecule has 3 N–H and O–H groups in total. The van der Waals surface area contributed by atoms with Crippen LogP contribution in [-0.4, -0.2) is 11.9 Å². The fraction of sp³-hybridized carbons (Fsp3) is 0.562. The summed E-state index contributed by atoms with van der Waals surface area (Å²) in [6.45, 7) is 3.76. The van der Waals surface area contributed by atoms with E-state index in [2.05, 4.69) is 12.2 Å². The minimum absolute atomic E-state index is 0.0583. The molecule has 20 heavy (non-hydrogen) atoms. The minimum Gasteiger partial charge on any atom is -0.399 e. The van der Waals surface area contributed by atoms with Gasteiger partial charge >= 0.3 is 0 Å². The summed E-state index contributed by atoms with van der Waals surface area (Å²) in [6, 6.07) is 3.12. The first-order valence-electron chi connectivity index (χ1n) is 7.39. The van der Waals surface area contributed by atoms with Crippen molar-refractivity contribution in [2.24, 2.45) is 5.92 Å². The SMILES string of the molecule is CCC1CCCCC1NC(=O)c1cc(N)cc(C)c1F. The molecule has 1 aromatic carbocycles. The van der Waals surface area contributed by atoms with Crippen molar-refractivity contribution >= 4 is 11.6 Å². The van der Waals surface area contributed by atoms with E-state index in [9.17, 15) is 9.18 Å². The summed E-state index contributed by atoms with van der Waals surface area (Å²) >= 11 is 0. The van der Waals surface area contributed by atoms with E-state index in [1.807, 2.05) is 0 Å². The lowest BCUT2D eigenvalue weighted by atomic mass is 9.83. The Bertz CT molecular complexity index is 501. The number of hydrogen-bond donors (Lipinski definition) is 2. The van der Waals surface area contributed by atoms with Crippen molar-refractivity contribution in [3.63, 3.8) is 0 Å². The van der Waals surface area contributed by atoms with E-state index in [0.29, 0.717) is 17.2 Å². The Balaban J connectivity index is 2.15. The molecule has 0 aliphatic heterocycles. The molecule has 1 fully saturated rings. The van der Waals surface area contributed by atoms with Crippen LogP contribution < -0.4 is 11.1 Å². The Labute approximate surface area is 119 Å². The van der Waals surface area contributed by atoms with Crippen LogP contribution in [0.25, 0.3) is 0 Å². The molecule has 1 saturated carbocycles. The van der Waals surface area contributed by atoms with Crippen LogP contribution in [0.4, 0.5) is 10.1 Å². The first-order chi connectivity index (χ1) is 9.52. The van der Waals surface area contributed by atoms with E-state index in [-0.39, 0.29) is 17.5 Å². The maximum absolute atomic E-state index is 14.0. The molecule has 1 aromatic rings. The molecule has 0 spiro atoms. The molecule has 3 nitrogen and oxygen atoms in total. The molecular weight excluding hydrogens is 255 g/mol. The van der Waals surface area contributed by atoms with Gasteiger partial charge < -0.3 is 11.1 Å². The lowest BCUT2D eigenvalue weighted by Gasteiger charge is -2.31. The Morgan fingerprint density at radius 3 is 2.80 bits per heavy atom. The summed E-state index contributed by atoms with van der Waals surface area (Å²) in [7, 11) is 0. The van der Waals surface area contributed by atoms with E-state index in [1.54, 1.807) is 13.0 Å². The molecule has 1 aliphatic rings. The van der Waals surface area contributed by atoms with Gasteiger partial charge in [0.05, 0.1) is 5.56 Å². The van der Waals surface area contributed by atoms with Crippen molar-refractivity contribution < 1.29 is 9.18 Å². The van der Waals surface area contributed by atoms with Gasteiger partial charge in [0.25, 0.3) is 5.91 Å². The van der Waals surface area contributed by atoms with Crippen LogP contribution in [0.2, 0.25) is 0 Å². The topological polar surface area (TPSA) is 55.1 Å². The van der Waals surface area contributed by atoms with Crippen molar-refractivity contribution in [1.29, 1.82) is 0 Å². The van der Waals surface area contributed by atoms with Gasteiger partial charge in [-0.15, -0.1) is 0 Å². The van der Waals surface area contributed by atoms with E-state index in [1.165, 1.54) is 12.5 Å². The molecule has 1 amide bonds.